The fourth-order valence-electron chi connectivity index (χ4n) is 4.90. The van der Waals surface area contributed by atoms with E-state index in [0.29, 0.717) is 23.0 Å². The molecule has 2 fully saturated rings. The molecule has 3 aromatic rings. The minimum atomic E-state index is -1.07. The van der Waals surface area contributed by atoms with E-state index in [9.17, 15) is 9.50 Å². The first-order valence-electron chi connectivity index (χ1n) is 10.6. The summed E-state index contributed by atoms with van der Waals surface area (Å²) in [5, 5.41) is 18.9. The highest BCUT2D eigenvalue weighted by atomic mass is 19.1. The Kier molecular flexibility index (Phi) is 4.97. The summed E-state index contributed by atoms with van der Waals surface area (Å²) in [4.78, 5) is 6.17. The molecule has 2 aromatic heterocycles. The van der Waals surface area contributed by atoms with Gasteiger partial charge in [0.2, 0.25) is 11.8 Å². The van der Waals surface area contributed by atoms with Gasteiger partial charge >= 0.3 is 0 Å². The van der Waals surface area contributed by atoms with Crippen LogP contribution in [0.4, 0.5) is 4.39 Å². The Hall–Kier alpha value is -3.26. The predicted octanol–water partition coefficient (Wildman–Crippen LogP) is 3.73. The normalized spacial score (nSPS) is 26.9. The molecule has 1 aliphatic carbocycles. The number of pyridine rings is 1. The van der Waals surface area contributed by atoms with Gasteiger partial charge in [0, 0.05) is 36.4 Å². The summed E-state index contributed by atoms with van der Waals surface area (Å²) in [6.45, 7) is 2.76. The second kappa shape index (κ2) is 7.70. The number of rotatable bonds is 5. The molecule has 1 N–H and O–H groups in total. The first-order valence-corrected chi connectivity index (χ1v) is 10.6. The van der Waals surface area contributed by atoms with E-state index in [4.69, 9.17) is 9.47 Å². The van der Waals surface area contributed by atoms with Crippen LogP contribution in [0.1, 0.15) is 13.3 Å². The molecule has 7 nitrogen and oxygen atoms in total. The first-order chi connectivity index (χ1) is 15.4. The fraction of sp³-hybridized carbons (Fsp3) is 0.375. The van der Waals surface area contributed by atoms with Gasteiger partial charge < -0.3 is 14.6 Å². The second-order valence-electron chi connectivity index (χ2n) is 8.76. The monoisotopic (exact) mass is 436 g/mol. The molecule has 32 heavy (non-hydrogen) atoms. The van der Waals surface area contributed by atoms with Crippen molar-refractivity contribution in [3.8, 4) is 39.9 Å². The summed E-state index contributed by atoms with van der Waals surface area (Å²) in [5.74, 6) is 1.01. The minimum Gasteiger partial charge on any atom is -0.507 e. The Morgan fingerprint density at radius 3 is 2.56 bits per heavy atom. The van der Waals surface area contributed by atoms with Gasteiger partial charge in [-0.1, -0.05) is 6.07 Å². The maximum Gasteiger partial charge on any atom is 0.233 e. The molecule has 0 amide bonds. The van der Waals surface area contributed by atoms with Gasteiger partial charge in [0.15, 0.2) is 6.17 Å². The maximum atomic E-state index is 15.0. The SMILES string of the molecule is COc1cc(-c2ccc(-c3ccc(O[C@H]4C5CN(C)[C@@](C)(C5)[C@@H]4F)nn3)c(O)c2)ccn1. The number of benzene rings is 1. The molecular formula is C24H25FN4O3. The van der Waals surface area contributed by atoms with E-state index in [0.717, 1.165) is 24.1 Å². The van der Waals surface area contributed by atoms with Gasteiger partial charge in [0.05, 0.1) is 18.3 Å². The molecule has 0 radical (unpaired) electrons. The van der Waals surface area contributed by atoms with Gasteiger partial charge in [-0.05, 0) is 55.8 Å². The quantitative estimate of drug-likeness (QED) is 0.653. The molecule has 1 saturated heterocycles. The van der Waals surface area contributed by atoms with E-state index >= 15 is 0 Å². The van der Waals surface area contributed by atoms with Crippen molar-refractivity contribution < 1.29 is 19.0 Å². The molecule has 2 aliphatic rings. The van der Waals surface area contributed by atoms with Crippen LogP contribution < -0.4 is 9.47 Å². The van der Waals surface area contributed by atoms with E-state index < -0.39 is 17.8 Å². The van der Waals surface area contributed by atoms with Crippen molar-refractivity contribution in [1.29, 1.82) is 0 Å². The molecule has 1 saturated carbocycles. The first kappa shape index (κ1) is 20.6. The highest BCUT2D eigenvalue weighted by Gasteiger charge is 2.60. The van der Waals surface area contributed by atoms with Crippen LogP contribution in [0.3, 0.4) is 0 Å². The van der Waals surface area contributed by atoms with Crippen LogP contribution in [0.15, 0.2) is 48.7 Å². The molecule has 8 heteroatoms. The summed E-state index contributed by atoms with van der Waals surface area (Å²) in [6, 6.07) is 12.4. The molecule has 1 aliphatic heterocycles. The maximum absolute atomic E-state index is 15.0. The zero-order valence-corrected chi connectivity index (χ0v) is 18.2. The van der Waals surface area contributed by atoms with Gasteiger partial charge in [0.1, 0.15) is 11.9 Å². The van der Waals surface area contributed by atoms with E-state index in [1.165, 1.54) is 0 Å². The molecule has 1 aromatic carbocycles. The lowest BCUT2D eigenvalue weighted by molar-refractivity contribution is -0.0143. The number of alkyl halides is 1. The summed E-state index contributed by atoms with van der Waals surface area (Å²) in [7, 11) is 3.52. The van der Waals surface area contributed by atoms with Crippen LogP contribution in [0.25, 0.3) is 22.4 Å². The van der Waals surface area contributed by atoms with Gasteiger partial charge in [-0.15, -0.1) is 10.2 Å². The van der Waals surface area contributed by atoms with Crippen molar-refractivity contribution in [2.75, 3.05) is 20.7 Å². The highest BCUT2D eigenvalue weighted by molar-refractivity contribution is 5.74. The van der Waals surface area contributed by atoms with Crippen LogP contribution in [0, 0.1) is 5.92 Å². The Morgan fingerprint density at radius 2 is 1.91 bits per heavy atom. The second-order valence-corrected chi connectivity index (χ2v) is 8.76. The van der Waals surface area contributed by atoms with E-state index in [1.54, 1.807) is 43.6 Å². The molecule has 5 rings (SSSR count). The molecule has 4 atom stereocenters. The average Bonchev–Trinajstić information content (AvgIpc) is 3.24. The number of phenolic OH excluding ortho intramolecular Hbond substituents is 1. The molecular weight excluding hydrogens is 411 g/mol. The number of halogens is 1. The lowest BCUT2D eigenvalue weighted by atomic mass is 9.97. The van der Waals surface area contributed by atoms with Crippen LogP contribution in [0.2, 0.25) is 0 Å². The highest BCUT2D eigenvalue weighted by Crippen LogP contribution is 2.48. The number of methoxy groups -OCH3 is 1. The van der Waals surface area contributed by atoms with Crippen molar-refractivity contribution in [3.05, 3.63) is 48.7 Å². The third-order valence-corrected chi connectivity index (χ3v) is 6.85. The largest absolute Gasteiger partial charge is 0.507 e. The molecule has 166 valence electrons. The molecule has 2 bridgehead atoms. The van der Waals surface area contributed by atoms with E-state index in [-0.39, 0.29) is 11.7 Å². The third kappa shape index (κ3) is 3.35. The number of hydrogen-bond donors (Lipinski definition) is 1. The standard InChI is InChI=1S/C24H25FN4O3/c1-24-12-16(13-29(24)2)22(23(24)25)32-20-7-6-18(27-28-20)17-5-4-14(10-19(17)30)15-8-9-26-21(11-15)31-3/h4-11,16,22-23,30H,12-13H2,1-3H3/t16?,22-,23+,24-/m0/s1. The predicted molar refractivity (Wildman–Crippen MR) is 117 cm³/mol. The lowest BCUT2D eigenvalue weighted by Crippen LogP contribution is -2.54. The summed E-state index contributed by atoms with van der Waals surface area (Å²) in [6.07, 6.45) is 0.849. The zero-order chi connectivity index (χ0) is 22.5. The van der Waals surface area contributed by atoms with Gasteiger partial charge in [0.25, 0.3) is 0 Å². The van der Waals surface area contributed by atoms with E-state index in [1.807, 2.05) is 26.1 Å². The van der Waals surface area contributed by atoms with Gasteiger partial charge in [-0.3, -0.25) is 4.90 Å². The number of ether oxygens (including phenoxy) is 2. The number of nitrogens with zero attached hydrogens (tertiary/aromatic N) is 4. The summed E-state index contributed by atoms with van der Waals surface area (Å²) < 4.78 is 26.0. The van der Waals surface area contributed by atoms with E-state index in [2.05, 4.69) is 20.1 Å². The Balaban J connectivity index is 1.33. The summed E-state index contributed by atoms with van der Waals surface area (Å²) in [5.41, 5.74) is 2.27. The molecule has 3 heterocycles. The van der Waals surface area contributed by atoms with Crippen molar-refractivity contribution in [2.45, 2.75) is 31.2 Å². The number of phenols is 1. The third-order valence-electron chi connectivity index (χ3n) is 6.85. The zero-order valence-electron chi connectivity index (χ0n) is 18.2. The number of piperidine rings is 1. The number of aromatic nitrogens is 3. The topological polar surface area (TPSA) is 80.6 Å². The number of hydrogen-bond acceptors (Lipinski definition) is 7. The van der Waals surface area contributed by atoms with Crippen molar-refractivity contribution in [3.63, 3.8) is 0 Å². The number of aromatic hydroxyl groups is 1. The molecule has 0 spiro atoms. The minimum absolute atomic E-state index is 0.0779. The van der Waals surface area contributed by atoms with Crippen LogP contribution >= 0.6 is 0 Å². The van der Waals surface area contributed by atoms with Gasteiger partial charge in [-0.2, -0.15) is 0 Å². The fourth-order valence-corrected chi connectivity index (χ4v) is 4.90. The van der Waals surface area contributed by atoms with Crippen LogP contribution in [0.5, 0.6) is 17.5 Å². The summed E-state index contributed by atoms with van der Waals surface area (Å²) >= 11 is 0. The van der Waals surface area contributed by atoms with Crippen molar-refractivity contribution >= 4 is 0 Å². The Bertz CT molecular complexity index is 1140. The van der Waals surface area contributed by atoms with Gasteiger partial charge in [-0.25, -0.2) is 9.37 Å². The molecule has 1 unspecified atom stereocenters. The smallest absolute Gasteiger partial charge is 0.233 e. The average molecular weight is 436 g/mol. The Morgan fingerprint density at radius 1 is 1.09 bits per heavy atom. The van der Waals surface area contributed by atoms with Crippen LogP contribution in [-0.4, -0.2) is 63.7 Å². The van der Waals surface area contributed by atoms with Crippen molar-refractivity contribution in [1.82, 2.24) is 20.1 Å². The van der Waals surface area contributed by atoms with Crippen molar-refractivity contribution in [2.24, 2.45) is 5.92 Å². The lowest BCUT2D eigenvalue weighted by Gasteiger charge is -2.38. The number of fused-ring (bicyclic) bond motifs is 2. The Labute approximate surface area is 185 Å². The number of likely N-dealkylation sites (tertiary alicyclic amines) is 1. The van der Waals surface area contributed by atoms with Crippen LogP contribution in [-0.2, 0) is 0 Å².